The van der Waals surface area contributed by atoms with Gasteiger partial charge in [0.1, 0.15) is 11.7 Å². The Bertz CT molecular complexity index is 781. The number of benzene rings is 1. The van der Waals surface area contributed by atoms with Crippen LogP contribution in [0.2, 0.25) is 0 Å². The molecule has 0 bridgehead atoms. The Morgan fingerprint density at radius 2 is 1.69 bits per heavy atom. The van der Waals surface area contributed by atoms with Crippen molar-refractivity contribution in [1.29, 1.82) is 0 Å². The van der Waals surface area contributed by atoms with Crippen LogP contribution in [0.15, 0.2) is 55.6 Å². The zero-order valence-electron chi connectivity index (χ0n) is 20.0. The molecule has 0 N–H and O–H groups in total. The van der Waals surface area contributed by atoms with Gasteiger partial charge in [-0.25, -0.2) is 0 Å². The van der Waals surface area contributed by atoms with E-state index in [1.807, 2.05) is 37.3 Å². The second kappa shape index (κ2) is 12.8. The maximum absolute atomic E-state index is 13.3. The molecule has 0 fully saturated rings. The first-order valence-corrected chi connectivity index (χ1v) is 10.9. The number of likely N-dealkylation sites (N-methyl/N-ethyl adjacent to an activating group) is 1. The molecular weight excluding hydrogens is 406 g/mol. The molecule has 0 saturated carbocycles. The molecule has 6 nitrogen and oxygen atoms in total. The Hall–Kier alpha value is -2.89. The fraction of sp³-hybridized carbons (Fsp3) is 0.500. The lowest BCUT2D eigenvalue weighted by Crippen LogP contribution is -2.44. The van der Waals surface area contributed by atoms with Crippen LogP contribution in [-0.2, 0) is 23.9 Å². The van der Waals surface area contributed by atoms with Gasteiger partial charge in [-0.05, 0) is 46.1 Å². The van der Waals surface area contributed by atoms with E-state index in [2.05, 4.69) is 13.2 Å². The average molecular weight is 444 g/mol. The van der Waals surface area contributed by atoms with E-state index in [-0.39, 0.29) is 24.7 Å². The molecule has 0 aromatic heterocycles. The normalized spacial score (nSPS) is 13.9. The van der Waals surface area contributed by atoms with E-state index in [4.69, 9.17) is 9.47 Å². The summed E-state index contributed by atoms with van der Waals surface area (Å²) in [4.78, 5) is 39.5. The largest absolute Gasteiger partial charge is 0.460 e. The SMILES string of the molecule is C=CCCC(=O)O[C@H](c1ccccc1)[C@H](C)N(C)C(=O)[C@@H](CC=C)CC(=O)OC(C)(C)C. The number of esters is 2. The zero-order valence-corrected chi connectivity index (χ0v) is 20.0. The first-order valence-electron chi connectivity index (χ1n) is 10.9. The molecule has 176 valence electrons. The van der Waals surface area contributed by atoms with Crippen LogP contribution in [0.4, 0.5) is 0 Å². The summed E-state index contributed by atoms with van der Waals surface area (Å²) in [6, 6.07) is 8.86. The van der Waals surface area contributed by atoms with Crippen LogP contribution in [0.3, 0.4) is 0 Å². The first-order chi connectivity index (χ1) is 15.0. The maximum atomic E-state index is 13.3. The molecule has 3 atom stereocenters. The smallest absolute Gasteiger partial charge is 0.307 e. The summed E-state index contributed by atoms with van der Waals surface area (Å²) >= 11 is 0. The van der Waals surface area contributed by atoms with Crippen LogP contribution < -0.4 is 0 Å². The molecule has 0 aliphatic carbocycles. The third-order valence-electron chi connectivity index (χ3n) is 4.97. The molecule has 0 saturated heterocycles. The van der Waals surface area contributed by atoms with E-state index in [1.165, 1.54) is 4.90 Å². The van der Waals surface area contributed by atoms with Crippen LogP contribution in [0.1, 0.15) is 65.0 Å². The van der Waals surface area contributed by atoms with Crippen molar-refractivity contribution >= 4 is 17.8 Å². The molecular formula is C26H37NO5. The fourth-order valence-corrected chi connectivity index (χ4v) is 3.26. The van der Waals surface area contributed by atoms with Crippen molar-refractivity contribution in [3.8, 4) is 0 Å². The summed E-state index contributed by atoms with van der Waals surface area (Å²) in [5, 5.41) is 0. The standard InChI is InChI=1S/C26H37NO5/c1-8-10-17-22(28)31-24(20-15-12-11-13-16-20)19(3)27(7)25(30)21(14-9-2)18-23(29)32-26(4,5)6/h8-9,11-13,15-16,19,21,24H,1-2,10,14,17-18H2,3-7H3/t19-,21-,24-/m0/s1. The van der Waals surface area contributed by atoms with E-state index in [9.17, 15) is 14.4 Å². The van der Waals surface area contributed by atoms with Gasteiger partial charge in [0, 0.05) is 13.5 Å². The van der Waals surface area contributed by atoms with Crippen LogP contribution in [0, 0.1) is 5.92 Å². The van der Waals surface area contributed by atoms with Gasteiger partial charge in [0.25, 0.3) is 0 Å². The zero-order chi connectivity index (χ0) is 24.3. The Labute approximate surface area is 192 Å². The third kappa shape index (κ3) is 9.08. The summed E-state index contributed by atoms with van der Waals surface area (Å²) < 4.78 is 11.2. The fourth-order valence-electron chi connectivity index (χ4n) is 3.26. The van der Waals surface area contributed by atoms with Crippen molar-refractivity contribution in [2.75, 3.05) is 7.05 Å². The summed E-state index contributed by atoms with van der Waals surface area (Å²) in [5.41, 5.74) is 0.162. The lowest BCUT2D eigenvalue weighted by molar-refractivity contribution is -0.160. The average Bonchev–Trinajstić information content (AvgIpc) is 2.73. The molecule has 1 amide bonds. The van der Waals surface area contributed by atoms with Crippen LogP contribution in [0.5, 0.6) is 0 Å². The number of hydrogen-bond donors (Lipinski definition) is 0. The van der Waals surface area contributed by atoms with Gasteiger partial charge in [0.05, 0.1) is 18.4 Å². The Kier molecular flexibility index (Phi) is 10.9. The Balaban J connectivity index is 3.05. The van der Waals surface area contributed by atoms with Gasteiger partial charge in [-0.3, -0.25) is 14.4 Å². The highest BCUT2D eigenvalue weighted by Gasteiger charge is 2.33. The van der Waals surface area contributed by atoms with Crippen molar-refractivity contribution < 1.29 is 23.9 Å². The van der Waals surface area contributed by atoms with Gasteiger partial charge in [-0.2, -0.15) is 0 Å². The van der Waals surface area contributed by atoms with Gasteiger partial charge in [0.2, 0.25) is 5.91 Å². The molecule has 6 heteroatoms. The summed E-state index contributed by atoms with van der Waals surface area (Å²) in [7, 11) is 1.66. The molecule has 0 unspecified atom stereocenters. The Morgan fingerprint density at radius 3 is 2.22 bits per heavy atom. The summed E-state index contributed by atoms with van der Waals surface area (Å²) in [6.45, 7) is 14.5. The molecule has 0 aliphatic rings. The van der Waals surface area contributed by atoms with Crippen LogP contribution in [0.25, 0.3) is 0 Å². The number of amides is 1. The Morgan fingerprint density at radius 1 is 1.06 bits per heavy atom. The third-order valence-corrected chi connectivity index (χ3v) is 4.97. The minimum Gasteiger partial charge on any atom is -0.460 e. The molecule has 1 aromatic rings. The highest BCUT2D eigenvalue weighted by Crippen LogP contribution is 2.27. The van der Waals surface area contributed by atoms with E-state index in [1.54, 1.807) is 40.0 Å². The topological polar surface area (TPSA) is 72.9 Å². The number of nitrogens with zero attached hydrogens (tertiary/aromatic N) is 1. The molecule has 0 radical (unpaired) electrons. The maximum Gasteiger partial charge on any atom is 0.307 e. The van der Waals surface area contributed by atoms with Gasteiger partial charge in [-0.15, -0.1) is 13.2 Å². The van der Waals surface area contributed by atoms with E-state index in [0.717, 1.165) is 5.56 Å². The van der Waals surface area contributed by atoms with Gasteiger partial charge in [-0.1, -0.05) is 42.5 Å². The van der Waals surface area contributed by atoms with Crippen molar-refractivity contribution in [2.45, 2.75) is 71.1 Å². The molecule has 32 heavy (non-hydrogen) atoms. The predicted molar refractivity (Wildman–Crippen MR) is 126 cm³/mol. The van der Waals surface area contributed by atoms with Crippen LogP contribution >= 0.6 is 0 Å². The van der Waals surface area contributed by atoms with Crippen molar-refractivity contribution in [1.82, 2.24) is 4.90 Å². The van der Waals surface area contributed by atoms with E-state index in [0.29, 0.717) is 12.8 Å². The predicted octanol–water partition coefficient (Wildman–Crippen LogP) is 5.01. The molecule has 0 aliphatic heterocycles. The highest BCUT2D eigenvalue weighted by molar-refractivity contribution is 5.84. The molecule has 1 rings (SSSR count). The molecule has 1 aromatic carbocycles. The van der Waals surface area contributed by atoms with Crippen LogP contribution in [-0.4, -0.2) is 41.4 Å². The van der Waals surface area contributed by atoms with E-state index < -0.39 is 29.6 Å². The van der Waals surface area contributed by atoms with Gasteiger partial charge < -0.3 is 14.4 Å². The lowest BCUT2D eigenvalue weighted by atomic mass is 9.96. The second-order valence-electron chi connectivity index (χ2n) is 8.85. The molecule has 0 heterocycles. The van der Waals surface area contributed by atoms with Gasteiger partial charge >= 0.3 is 11.9 Å². The monoisotopic (exact) mass is 443 g/mol. The lowest BCUT2D eigenvalue weighted by Gasteiger charge is -2.34. The number of carbonyl (C=O) groups is 3. The molecule has 0 spiro atoms. The minimum atomic E-state index is -0.645. The number of allylic oxidation sites excluding steroid dienone is 2. The van der Waals surface area contributed by atoms with Crippen molar-refractivity contribution in [3.05, 3.63) is 61.2 Å². The van der Waals surface area contributed by atoms with Gasteiger partial charge in [0.15, 0.2) is 0 Å². The number of hydrogen-bond acceptors (Lipinski definition) is 5. The summed E-state index contributed by atoms with van der Waals surface area (Å²) in [5.74, 6) is -1.63. The second-order valence-corrected chi connectivity index (χ2v) is 8.85. The van der Waals surface area contributed by atoms with E-state index >= 15 is 0 Å². The van der Waals surface area contributed by atoms with Crippen molar-refractivity contribution in [2.24, 2.45) is 5.92 Å². The highest BCUT2D eigenvalue weighted by atomic mass is 16.6. The number of carbonyl (C=O) groups excluding carboxylic acids is 3. The number of ether oxygens (including phenoxy) is 2. The summed E-state index contributed by atoms with van der Waals surface area (Å²) in [6.07, 6.45) is 3.66. The quantitative estimate of drug-likeness (QED) is 0.335. The van der Waals surface area contributed by atoms with Crippen molar-refractivity contribution in [3.63, 3.8) is 0 Å². The number of rotatable bonds is 12. The first kappa shape index (κ1) is 27.1. The minimum absolute atomic E-state index is 0.0473.